The van der Waals surface area contributed by atoms with Crippen LogP contribution in [0, 0.1) is 0 Å². The number of carbonyl (C=O) groups excluding carboxylic acids is 2. The fraction of sp³-hybridized carbons (Fsp3) is 0.417. The zero-order valence-corrected chi connectivity index (χ0v) is 21.5. The molecule has 2 aromatic carbocycles. The van der Waals surface area contributed by atoms with Crippen molar-refractivity contribution in [1.82, 2.24) is 10.2 Å². The molecule has 0 aliphatic heterocycles. The van der Waals surface area contributed by atoms with Crippen LogP contribution in [0.3, 0.4) is 0 Å². The summed E-state index contributed by atoms with van der Waals surface area (Å²) < 4.78 is 31.7. The minimum Gasteiger partial charge on any atom is -0.494 e. The van der Waals surface area contributed by atoms with Crippen molar-refractivity contribution < 1.29 is 22.7 Å². The Morgan fingerprint density at radius 3 is 2.15 bits per heavy atom. The molecule has 186 valence electrons. The minimum absolute atomic E-state index is 0.131. The van der Waals surface area contributed by atoms with Crippen molar-refractivity contribution in [3.63, 3.8) is 0 Å². The molecule has 0 aliphatic rings. The van der Waals surface area contributed by atoms with Gasteiger partial charge in [0.2, 0.25) is 21.8 Å². The fourth-order valence-electron chi connectivity index (χ4n) is 3.49. The predicted molar refractivity (Wildman–Crippen MR) is 135 cm³/mol. The number of sulfonamides is 1. The first-order chi connectivity index (χ1) is 16.1. The molecular weight excluding hydrogens is 478 g/mol. The van der Waals surface area contributed by atoms with Crippen LogP contribution in [0.15, 0.2) is 48.5 Å². The Balaban J connectivity index is 2.39. The molecule has 2 aromatic rings. The van der Waals surface area contributed by atoms with Crippen LogP contribution in [-0.2, 0) is 26.2 Å². The Morgan fingerprint density at radius 1 is 1.03 bits per heavy atom. The number of nitrogens with one attached hydrogen (secondary N) is 1. The Bertz CT molecular complexity index is 1060. The van der Waals surface area contributed by atoms with Crippen LogP contribution in [0.1, 0.15) is 32.8 Å². The number of hydrogen-bond acceptors (Lipinski definition) is 5. The van der Waals surface area contributed by atoms with E-state index in [0.29, 0.717) is 36.0 Å². The second-order valence-corrected chi connectivity index (χ2v) is 10.0. The Hall–Kier alpha value is -2.78. The van der Waals surface area contributed by atoms with E-state index in [2.05, 4.69) is 5.32 Å². The molecule has 0 unspecified atom stereocenters. The van der Waals surface area contributed by atoms with Crippen molar-refractivity contribution in [3.8, 4) is 5.75 Å². The topological polar surface area (TPSA) is 96.0 Å². The molecule has 0 fully saturated rings. The van der Waals surface area contributed by atoms with Crippen LogP contribution >= 0.6 is 11.6 Å². The molecule has 0 saturated heterocycles. The highest BCUT2D eigenvalue weighted by atomic mass is 35.5. The van der Waals surface area contributed by atoms with Gasteiger partial charge in [-0.05, 0) is 62.2 Å². The summed E-state index contributed by atoms with van der Waals surface area (Å²) in [6, 6.07) is 12.7. The third-order valence-electron chi connectivity index (χ3n) is 5.12. The summed E-state index contributed by atoms with van der Waals surface area (Å²) in [6.45, 7) is 6.04. The van der Waals surface area contributed by atoms with Crippen LogP contribution in [0.2, 0.25) is 5.02 Å². The standard InChI is InChI=1S/C24H32ClN3O5S/c1-5-22(24(30)26-6-2)27(16-18-8-10-19(25)11-9-18)23(29)17-28(34(4,31)32)20-12-14-21(15-13-20)33-7-3/h8-15,22H,5-7,16-17H2,1-4H3,(H,26,30)/t22-/m0/s1. The van der Waals surface area contributed by atoms with Gasteiger partial charge in [0.1, 0.15) is 18.3 Å². The van der Waals surface area contributed by atoms with E-state index in [1.807, 2.05) is 13.8 Å². The van der Waals surface area contributed by atoms with Crippen LogP contribution < -0.4 is 14.4 Å². The maximum Gasteiger partial charge on any atom is 0.244 e. The van der Waals surface area contributed by atoms with Crippen molar-refractivity contribution in [2.75, 3.05) is 30.3 Å². The normalized spacial score (nSPS) is 12.0. The van der Waals surface area contributed by atoms with Crippen molar-refractivity contribution in [2.24, 2.45) is 0 Å². The maximum atomic E-state index is 13.5. The van der Waals surface area contributed by atoms with E-state index in [4.69, 9.17) is 16.3 Å². The lowest BCUT2D eigenvalue weighted by Gasteiger charge is -2.32. The van der Waals surface area contributed by atoms with Gasteiger partial charge < -0.3 is 15.0 Å². The van der Waals surface area contributed by atoms with E-state index in [9.17, 15) is 18.0 Å². The summed E-state index contributed by atoms with van der Waals surface area (Å²) in [7, 11) is -3.79. The lowest BCUT2D eigenvalue weighted by molar-refractivity contribution is -0.140. The molecular formula is C24H32ClN3O5S. The molecule has 34 heavy (non-hydrogen) atoms. The maximum absolute atomic E-state index is 13.5. The molecule has 0 heterocycles. The average Bonchev–Trinajstić information content (AvgIpc) is 2.79. The Labute approximate surface area is 206 Å². The largest absolute Gasteiger partial charge is 0.494 e. The zero-order chi connectivity index (χ0) is 25.3. The highest BCUT2D eigenvalue weighted by molar-refractivity contribution is 7.92. The number of anilines is 1. The zero-order valence-electron chi connectivity index (χ0n) is 20.0. The van der Waals surface area contributed by atoms with Gasteiger partial charge in [0, 0.05) is 18.1 Å². The number of carbonyl (C=O) groups is 2. The Morgan fingerprint density at radius 2 is 1.65 bits per heavy atom. The number of nitrogens with zero attached hydrogens (tertiary/aromatic N) is 2. The number of ether oxygens (including phenoxy) is 1. The average molecular weight is 510 g/mol. The SMILES string of the molecule is CCNC(=O)[C@H](CC)N(Cc1ccc(Cl)cc1)C(=O)CN(c1ccc(OCC)cc1)S(C)(=O)=O. The predicted octanol–water partition coefficient (Wildman–Crippen LogP) is 3.45. The van der Waals surface area contributed by atoms with E-state index in [-0.39, 0.29) is 12.5 Å². The molecule has 2 amide bonds. The second-order valence-electron chi connectivity index (χ2n) is 7.66. The van der Waals surface area contributed by atoms with Crippen LogP contribution in [0.5, 0.6) is 5.75 Å². The first-order valence-electron chi connectivity index (χ1n) is 11.1. The number of benzene rings is 2. The molecule has 8 nitrogen and oxygen atoms in total. The van der Waals surface area contributed by atoms with E-state index in [1.54, 1.807) is 55.5 Å². The van der Waals surface area contributed by atoms with E-state index in [0.717, 1.165) is 16.1 Å². The van der Waals surface area contributed by atoms with Gasteiger partial charge >= 0.3 is 0 Å². The van der Waals surface area contributed by atoms with Crippen LogP contribution in [-0.4, -0.2) is 57.1 Å². The van der Waals surface area contributed by atoms with Crippen molar-refractivity contribution >= 4 is 39.1 Å². The van der Waals surface area contributed by atoms with Gasteiger partial charge in [0.25, 0.3) is 0 Å². The first-order valence-corrected chi connectivity index (χ1v) is 13.3. The summed E-state index contributed by atoms with van der Waals surface area (Å²) in [4.78, 5) is 27.7. The quantitative estimate of drug-likeness (QED) is 0.472. The van der Waals surface area contributed by atoms with Gasteiger partial charge in [-0.2, -0.15) is 0 Å². The highest BCUT2D eigenvalue weighted by Crippen LogP contribution is 2.23. The van der Waals surface area contributed by atoms with E-state index >= 15 is 0 Å². The van der Waals surface area contributed by atoms with Crippen LogP contribution in [0.25, 0.3) is 0 Å². The monoisotopic (exact) mass is 509 g/mol. The number of hydrogen-bond donors (Lipinski definition) is 1. The van der Waals surface area contributed by atoms with Crippen molar-refractivity contribution in [1.29, 1.82) is 0 Å². The fourth-order valence-corrected chi connectivity index (χ4v) is 4.46. The van der Waals surface area contributed by atoms with Gasteiger partial charge in [-0.15, -0.1) is 0 Å². The molecule has 0 aromatic heterocycles. The third-order valence-corrected chi connectivity index (χ3v) is 6.51. The highest BCUT2D eigenvalue weighted by Gasteiger charge is 2.31. The Kier molecular flexibility index (Phi) is 10.2. The summed E-state index contributed by atoms with van der Waals surface area (Å²) >= 11 is 5.98. The molecule has 0 bridgehead atoms. The van der Waals surface area contributed by atoms with Gasteiger partial charge in [0.15, 0.2) is 0 Å². The lowest BCUT2D eigenvalue weighted by Crippen LogP contribution is -2.52. The number of rotatable bonds is 12. The molecule has 0 radical (unpaired) electrons. The lowest BCUT2D eigenvalue weighted by atomic mass is 10.1. The molecule has 0 aliphatic carbocycles. The number of likely N-dealkylation sites (N-methyl/N-ethyl adjacent to an activating group) is 1. The minimum atomic E-state index is -3.79. The molecule has 10 heteroatoms. The van der Waals surface area contributed by atoms with Crippen LogP contribution in [0.4, 0.5) is 5.69 Å². The summed E-state index contributed by atoms with van der Waals surface area (Å²) in [6.07, 6.45) is 1.41. The summed E-state index contributed by atoms with van der Waals surface area (Å²) in [5, 5.41) is 3.31. The van der Waals surface area contributed by atoms with E-state index < -0.39 is 28.5 Å². The molecule has 0 spiro atoms. The van der Waals surface area contributed by atoms with Gasteiger partial charge in [-0.25, -0.2) is 8.42 Å². The molecule has 1 N–H and O–H groups in total. The summed E-state index contributed by atoms with van der Waals surface area (Å²) in [5.41, 5.74) is 1.10. The second kappa shape index (κ2) is 12.6. The van der Waals surface area contributed by atoms with Crippen molar-refractivity contribution in [2.45, 2.75) is 39.8 Å². The van der Waals surface area contributed by atoms with Gasteiger partial charge in [0.05, 0.1) is 18.6 Å². The molecule has 2 rings (SSSR count). The third kappa shape index (κ3) is 7.63. The number of halogens is 1. The molecule has 0 saturated carbocycles. The first kappa shape index (κ1) is 27.5. The van der Waals surface area contributed by atoms with Crippen molar-refractivity contribution in [3.05, 3.63) is 59.1 Å². The van der Waals surface area contributed by atoms with Gasteiger partial charge in [-0.1, -0.05) is 30.7 Å². The van der Waals surface area contributed by atoms with E-state index in [1.165, 1.54) is 4.90 Å². The number of amides is 2. The smallest absolute Gasteiger partial charge is 0.244 e. The summed E-state index contributed by atoms with van der Waals surface area (Å²) in [5.74, 6) is -0.190. The van der Waals surface area contributed by atoms with Gasteiger partial charge in [-0.3, -0.25) is 13.9 Å². The molecule has 1 atom stereocenters.